The smallest absolute Gasteiger partial charge is 0.119 e. The first-order valence-corrected chi connectivity index (χ1v) is 9.76. The van der Waals surface area contributed by atoms with Crippen molar-refractivity contribution in [1.29, 1.82) is 0 Å². The molecule has 0 aliphatic carbocycles. The Morgan fingerprint density at radius 1 is 1.07 bits per heavy atom. The molecule has 5 nitrogen and oxygen atoms in total. The molecule has 0 unspecified atom stereocenters. The normalized spacial score (nSPS) is 11.9. The van der Waals surface area contributed by atoms with E-state index in [2.05, 4.69) is 76.0 Å². The quantitative estimate of drug-likeness (QED) is 0.326. The molecule has 5 heteroatoms. The lowest BCUT2D eigenvalue weighted by molar-refractivity contribution is 0.118. The summed E-state index contributed by atoms with van der Waals surface area (Å²) in [5.74, 6) is 0.451. The Morgan fingerprint density at radius 3 is 2.72 bits per heavy atom. The van der Waals surface area contributed by atoms with Crippen LogP contribution in [-0.4, -0.2) is 26.9 Å². The van der Waals surface area contributed by atoms with Crippen LogP contribution in [-0.2, 0) is 4.84 Å². The summed E-state index contributed by atoms with van der Waals surface area (Å²) in [4.78, 5) is 14.2. The van der Waals surface area contributed by atoms with E-state index in [1.54, 1.807) is 6.20 Å². The van der Waals surface area contributed by atoms with Gasteiger partial charge in [-0.3, -0.25) is 9.55 Å². The maximum Gasteiger partial charge on any atom is 0.119 e. The van der Waals surface area contributed by atoms with Crippen LogP contribution >= 0.6 is 0 Å². The van der Waals surface area contributed by atoms with E-state index < -0.39 is 0 Å². The molecule has 0 radical (unpaired) electrons. The van der Waals surface area contributed by atoms with E-state index in [1.807, 2.05) is 31.6 Å². The molecule has 0 saturated carbocycles. The van der Waals surface area contributed by atoms with Crippen LogP contribution in [0.5, 0.6) is 0 Å². The standard InChI is InChI=1S/C24H24N4O/c1-17(2)15-29-27-18(3)19-9-10-24-23(13-19)26-16-28(24)22-8-4-6-20(12-22)21-7-5-11-25-14-21/h4-14,16-17H,15H2,1-3H3. The first-order chi connectivity index (χ1) is 14.1. The highest BCUT2D eigenvalue weighted by Gasteiger charge is 2.08. The van der Waals surface area contributed by atoms with Gasteiger partial charge in [-0.2, -0.15) is 0 Å². The summed E-state index contributed by atoms with van der Waals surface area (Å²) >= 11 is 0. The molecule has 0 spiro atoms. The fourth-order valence-electron chi connectivity index (χ4n) is 3.15. The molecule has 0 atom stereocenters. The second-order valence-corrected chi connectivity index (χ2v) is 7.48. The molecular formula is C24H24N4O. The van der Waals surface area contributed by atoms with Gasteiger partial charge in [0.2, 0.25) is 0 Å². The van der Waals surface area contributed by atoms with Gasteiger partial charge >= 0.3 is 0 Å². The summed E-state index contributed by atoms with van der Waals surface area (Å²) in [6, 6.07) is 18.6. The number of nitrogens with zero attached hydrogens (tertiary/aromatic N) is 4. The third-order valence-electron chi connectivity index (χ3n) is 4.69. The van der Waals surface area contributed by atoms with Crippen molar-refractivity contribution < 1.29 is 4.84 Å². The summed E-state index contributed by atoms with van der Waals surface area (Å²) in [7, 11) is 0. The highest BCUT2D eigenvalue weighted by molar-refractivity contribution is 6.01. The number of benzene rings is 2. The zero-order valence-electron chi connectivity index (χ0n) is 16.9. The van der Waals surface area contributed by atoms with E-state index in [4.69, 9.17) is 4.84 Å². The number of fused-ring (bicyclic) bond motifs is 1. The minimum absolute atomic E-state index is 0.451. The molecule has 0 bridgehead atoms. The van der Waals surface area contributed by atoms with Crippen LogP contribution in [0.3, 0.4) is 0 Å². The van der Waals surface area contributed by atoms with Gasteiger partial charge in [-0.05, 0) is 48.7 Å². The number of aromatic nitrogens is 3. The van der Waals surface area contributed by atoms with Gasteiger partial charge in [0.15, 0.2) is 0 Å². The van der Waals surface area contributed by atoms with Crippen molar-refractivity contribution in [3.8, 4) is 16.8 Å². The van der Waals surface area contributed by atoms with Crippen molar-refractivity contribution in [2.75, 3.05) is 6.61 Å². The lowest BCUT2D eigenvalue weighted by Gasteiger charge is -2.08. The van der Waals surface area contributed by atoms with Crippen molar-refractivity contribution >= 4 is 16.7 Å². The molecule has 4 rings (SSSR count). The summed E-state index contributed by atoms with van der Waals surface area (Å²) in [6.45, 7) is 6.77. The molecule has 0 amide bonds. The molecule has 0 aliphatic heterocycles. The van der Waals surface area contributed by atoms with Gasteiger partial charge in [0.25, 0.3) is 0 Å². The van der Waals surface area contributed by atoms with Crippen LogP contribution in [0.15, 0.2) is 78.5 Å². The number of imidazole rings is 1. The van der Waals surface area contributed by atoms with Crippen LogP contribution in [0.2, 0.25) is 0 Å². The SMILES string of the molecule is CC(=NOCC(C)C)c1ccc2c(c1)ncn2-c1cccc(-c2cccnc2)c1. The highest BCUT2D eigenvalue weighted by atomic mass is 16.6. The third-order valence-corrected chi connectivity index (χ3v) is 4.69. The van der Waals surface area contributed by atoms with Crippen molar-refractivity contribution in [1.82, 2.24) is 14.5 Å². The van der Waals surface area contributed by atoms with Crippen LogP contribution < -0.4 is 0 Å². The predicted molar refractivity (Wildman–Crippen MR) is 117 cm³/mol. The largest absolute Gasteiger partial charge is 0.395 e. The molecule has 4 aromatic rings. The Bertz CT molecular complexity index is 1150. The van der Waals surface area contributed by atoms with E-state index in [1.165, 1.54) is 0 Å². The average Bonchev–Trinajstić information content (AvgIpc) is 3.17. The van der Waals surface area contributed by atoms with E-state index in [0.717, 1.165) is 39.1 Å². The summed E-state index contributed by atoms with van der Waals surface area (Å²) in [6.07, 6.45) is 5.52. The summed E-state index contributed by atoms with van der Waals surface area (Å²) in [5, 5.41) is 4.23. The Labute approximate surface area is 170 Å². The van der Waals surface area contributed by atoms with Crippen LogP contribution in [0.25, 0.3) is 27.8 Å². The molecular weight excluding hydrogens is 360 g/mol. The Hall–Kier alpha value is -3.47. The fraction of sp³-hybridized carbons (Fsp3) is 0.208. The second kappa shape index (κ2) is 8.27. The van der Waals surface area contributed by atoms with Gasteiger partial charge in [-0.15, -0.1) is 0 Å². The van der Waals surface area contributed by atoms with Gasteiger partial charge in [0.1, 0.15) is 12.9 Å². The number of rotatable bonds is 6. The minimum atomic E-state index is 0.451. The van der Waals surface area contributed by atoms with Crippen molar-refractivity contribution in [3.05, 3.63) is 78.9 Å². The van der Waals surface area contributed by atoms with Gasteiger partial charge in [0.05, 0.1) is 16.7 Å². The number of oxime groups is 1. The molecule has 0 aliphatic rings. The van der Waals surface area contributed by atoms with Gasteiger partial charge in [-0.25, -0.2) is 4.98 Å². The topological polar surface area (TPSA) is 52.3 Å². The number of pyridine rings is 1. The first-order valence-electron chi connectivity index (χ1n) is 9.76. The first kappa shape index (κ1) is 18.9. The molecule has 0 saturated heterocycles. The predicted octanol–water partition coefficient (Wildman–Crippen LogP) is 5.48. The van der Waals surface area contributed by atoms with Crippen LogP contribution in [0.1, 0.15) is 26.3 Å². The van der Waals surface area contributed by atoms with E-state index in [0.29, 0.717) is 12.5 Å². The number of hydrogen-bond acceptors (Lipinski definition) is 4. The Morgan fingerprint density at radius 2 is 1.93 bits per heavy atom. The average molecular weight is 384 g/mol. The van der Waals surface area contributed by atoms with E-state index in [9.17, 15) is 0 Å². The molecule has 0 N–H and O–H groups in total. The summed E-state index contributed by atoms with van der Waals surface area (Å²) in [5.41, 5.74) is 7.11. The molecule has 0 fully saturated rings. The third kappa shape index (κ3) is 4.19. The Balaban J connectivity index is 1.65. The second-order valence-electron chi connectivity index (χ2n) is 7.48. The van der Waals surface area contributed by atoms with Gasteiger partial charge < -0.3 is 4.84 Å². The maximum absolute atomic E-state index is 5.41. The highest BCUT2D eigenvalue weighted by Crippen LogP contribution is 2.24. The van der Waals surface area contributed by atoms with Crippen molar-refractivity contribution in [3.63, 3.8) is 0 Å². The zero-order valence-corrected chi connectivity index (χ0v) is 16.9. The zero-order chi connectivity index (χ0) is 20.2. The monoisotopic (exact) mass is 384 g/mol. The van der Waals surface area contributed by atoms with Crippen LogP contribution in [0.4, 0.5) is 0 Å². The van der Waals surface area contributed by atoms with Crippen molar-refractivity contribution in [2.24, 2.45) is 11.1 Å². The van der Waals surface area contributed by atoms with Gasteiger partial charge in [0, 0.05) is 29.2 Å². The summed E-state index contributed by atoms with van der Waals surface area (Å²) < 4.78 is 2.10. The maximum atomic E-state index is 5.41. The lowest BCUT2D eigenvalue weighted by atomic mass is 10.1. The number of hydrogen-bond donors (Lipinski definition) is 0. The molecule has 2 aromatic heterocycles. The van der Waals surface area contributed by atoms with Gasteiger partial charge in [-0.1, -0.05) is 43.3 Å². The van der Waals surface area contributed by atoms with E-state index in [-0.39, 0.29) is 0 Å². The molecule has 2 heterocycles. The minimum Gasteiger partial charge on any atom is -0.395 e. The molecule has 2 aromatic carbocycles. The molecule has 146 valence electrons. The van der Waals surface area contributed by atoms with Crippen LogP contribution in [0, 0.1) is 5.92 Å². The fourth-order valence-corrected chi connectivity index (χ4v) is 3.15. The van der Waals surface area contributed by atoms with E-state index >= 15 is 0 Å². The lowest BCUT2D eigenvalue weighted by Crippen LogP contribution is -2.01. The van der Waals surface area contributed by atoms with Crippen molar-refractivity contribution in [2.45, 2.75) is 20.8 Å². The molecule has 29 heavy (non-hydrogen) atoms. The Kier molecular flexibility index (Phi) is 5.38.